The predicted molar refractivity (Wildman–Crippen MR) is 179 cm³/mol. The van der Waals surface area contributed by atoms with Crippen LogP contribution in [-0.2, 0) is 0 Å². The molecule has 0 aliphatic carbocycles. The van der Waals surface area contributed by atoms with E-state index in [2.05, 4.69) is 158 Å². The topological polar surface area (TPSA) is 32.1 Å². The van der Waals surface area contributed by atoms with Gasteiger partial charge >= 0.3 is 0 Å². The van der Waals surface area contributed by atoms with Crippen LogP contribution >= 0.6 is 8.07 Å². The molecule has 9 rings (SSSR count). The van der Waals surface area contributed by atoms with Gasteiger partial charge in [-0.3, -0.25) is 8.97 Å². The number of hydrogen-bond acceptors (Lipinski definition) is 1. The van der Waals surface area contributed by atoms with Crippen molar-refractivity contribution < 1.29 is 0 Å². The molecular weight excluding hydrogens is 545 g/mol. The van der Waals surface area contributed by atoms with Crippen LogP contribution in [0.25, 0.3) is 50.0 Å². The maximum Gasteiger partial charge on any atom is 0.125 e. The standard InChI is InChI=1S/C37H26N5P/c1-3-15-29(16-4-1)43(30-17-5-2-6-18-30)42-32-20-8-7-19-31(32)37-35(42)26-36-40(33-21-9-10-22-34(33)41(36)37)28-14-11-13-27(25-28)39-24-12-23-38-39/h1-26H. The van der Waals surface area contributed by atoms with Gasteiger partial charge in [0, 0.05) is 40.1 Å². The molecule has 0 spiro atoms. The monoisotopic (exact) mass is 571 g/mol. The average Bonchev–Trinajstić information content (AvgIpc) is 3.85. The summed E-state index contributed by atoms with van der Waals surface area (Å²) in [5, 5.41) is 8.38. The summed E-state index contributed by atoms with van der Waals surface area (Å²) in [5.74, 6) is 0. The Labute approximate surface area is 249 Å². The molecule has 0 saturated heterocycles. The third-order valence-corrected chi connectivity index (χ3v) is 10.6. The van der Waals surface area contributed by atoms with Crippen molar-refractivity contribution in [3.05, 3.63) is 158 Å². The highest BCUT2D eigenvalue weighted by Crippen LogP contribution is 2.46. The van der Waals surface area contributed by atoms with Crippen molar-refractivity contribution in [3.8, 4) is 11.4 Å². The molecule has 4 aromatic heterocycles. The number of para-hydroxylation sites is 3. The first kappa shape index (κ1) is 24.2. The highest BCUT2D eigenvalue weighted by Gasteiger charge is 2.26. The van der Waals surface area contributed by atoms with Crippen molar-refractivity contribution in [2.75, 3.05) is 0 Å². The normalized spacial score (nSPS) is 11.9. The van der Waals surface area contributed by atoms with Gasteiger partial charge in [0.05, 0.1) is 41.3 Å². The van der Waals surface area contributed by atoms with Crippen molar-refractivity contribution in [1.82, 2.24) is 23.1 Å². The fourth-order valence-corrected chi connectivity index (χ4v) is 8.89. The molecule has 204 valence electrons. The van der Waals surface area contributed by atoms with Crippen LogP contribution in [0.3, 0.4) is 0 Å². The van der Waals surface area contributed by atoms with Gasteiger partial charge in [-0.1, -0.05) is 97.1 Å². The maximum atomic E-state index is 4.48. The minimum atomic E-state index is -0.881. The van der Waals surface area contributed by atoms with Crippen molar-refractivity contribution in [2.45, 2.75) is 0 Å². The lowest BCUT2D eigenvalue weighted by Crippen LogP contribution is -2.16. The lowest BCUT2D eigenvalue weighted by Gasteiger charge is -2.22. The van der Waals surface area contributed by atoms with E-state index in [9.17, 15) is 0 Å². The van der Waals surface area contributed by atoms with Gasteiger partial charge in [0.2, 0.25) is 0 Å². The lowest BCUT2D eigenvalue weighted by molar-refractivity contribution is 0.878. The first-order valence-corrected chi connectivity index (χ1v) is 15.7. The summed E-state index contributed by atoms with van der Waals surface area (Å²) in [6, 6.07) is 52.4. The first-order valence-electron chi connectivity index (χ1n) is 14.4. The van der Waals surface area contributed by atoms with E-state index < -0.39 is 8.07 Å². The number of rotatable bonds is 5. The molecule has 0 radical (unpaired) electrons. The molecule has 0 atom stereocenters. The zero-order valence-corrected chi connectivity index (χ0v) is 24.1. The van der Waals surface area contributed by atoms with Gasteiger partial charge < -0.3 is 4.34 Å². The fourth-order valence-electron chi connectivity index (χ4n) is 6.47. The molecule has 4 heterocycles. The van der Waals surface area contributed by atoms with Crippen molar-refractivity contribution in [1.29, 1.82) is 0 Å². The summed E-state index contributed by atoms with van der Waals surface area (Å²) in [6.07, 6.45) is 3.80. The van der Waals surface area contributed by atoms with Crippen molar-refractivity contribution >= 4 is 57.3 Å². The number of benzene rings is 5. The molecule has 0 bridgehead atoms. The third kappa shape index (κ3) is 3.65. The molecule has 5 nitrogen and oxygen atoms in total. The minimum absolute atomic E-state index is 0.881. The Hall–Kier alpha value is -5.38. The highest BCUT2D eigenvalue weighted by molar-refractivity contribution is 7.72. The second-order valence-electron chi connectivity index (χ2n) is 10.7. The molecule has 43 heavy (non-hydrogen) atoms. The second kappa shape index (κ2) is 9.59. The fraction of sp³-hybridized carbons (Fsp3) is 0. The Balaban J connectivity index is 1.41. The van der Waals surface area contributed by atoms with Crippen LogP contribution < -0.4 is 10.6 Å². The van der Waals surface area contributed by atoms with Crippen LogP contribution in [0.2, 0.25) is 0 Å². The zero-order valence-electron chi connectivity index (χ0n) is 23.2. The van der Waals surface area contributed by atoms with Gasteiger partial charge in [-0.25, -0.2) is 4.68 Å². The van der Waals surface area contributed by atoms with Crippen LogP contribution in [0.1, 0.15) is 0 Å². The highest BCUT2D eigenvalue weighted by atomic mass is 31.1. The number of nitrogens with zero attached hydrogens (tertiary/aromatic N) is 5. The third-order valence-electron chi connectivity index (χ3n) is 8.23. The molecule has 0 amide bonds. The summed E-state index contributed by atoms with van der Waals surface area (Å²) >= 11 is 0. The Bertz CT molecular complexity index is 2360. The van der Waals surface area contributed by atoms with Crippen molar-refractivity contribution in [3.63, 3.8) is 0 Å². The molecule has 0 aliphatic rings. The van der Waals surface area contributed by atoms with E-state index >= 15 is 0 Å². The van der Waals surface area contributed by atoms with E-state index in [4.69, 9.17) is 0 Å². The zero-order chi connectivity index (χ0) is 28.3. The summed E-state index contributed by atoms with van der Waals surface area (Å²) in [5.41, 5.74) is 9.34. The van der Waals surface area contributed by atoms with E-state index in [1.54, 1.807) is 0 Å². The van der Waals surface area contributed by atoms with E-state index in [1.165, 1.54) is 43.6 Å². The summed E-state index contributed by atoms with van der Waals surface area (Å²) in [7, 11) is -0.881. The van der Waals surface area contributed by atoms with E-state index in [0.717, 1.165) is 17.0 Å². The van der Waals surface area contributed by atoms with E-state index in [1.807, 2.05) is 23.1 Å². The number of aromatic nitrogens is 5. The van der Waals surface area contributed by atoms with Gasteiger partial charge in [0.1, 0.15) is 5.65 Å². The molecule has 0 N–H and O–H groups in total. The molecule has 0 aliphatic heterocycles. The van der Waals surface area contributed by atoms with Gasteiger partial charge in [0.25, 0.3) is 0 Å². The van der Waals surface area contributed by atoms with Crippen molar-refractivity contribution in [2.24, 2.45) is 0 Å². The van der Waals surface area contributed by atoms with Crippen LogP contribution in [0.4, 0.5) is 0 Å². The molecule has 0 unspecified atom stereocenters. The molecule has 0 fully saturated rings. The Kier molecular flexibility index (Phi) is 5.40. The molecule has 0 saturated carbocycles. The van der Waals surface area contributed by atoms with Crippen LogP contribution in [0, 0.1) is 0 Å². The molecule has 9 aromatic rings. The quantitative estimate of drug-likeness (QED) is 0.192. The second-order valence-corrected chi connectivity index (χ2v) is 12.7. The van der Waals surface area contributed by atoms with E-state index in [-0.39, 0.29) is 0 Å². The first-order chi connectivity index (χ1) is 21.4. The molecular formula is C37H26N5P. The summed E-state index contributed by atoms with van der Waals surface area (Å²) in [6.45, 7) is 0. The predicted octanol–water partition coefficient (Wildman–Crippen LogP) is 8.07. The van der Waals surface area contributed by atoms with Crippen LogP contribution in [-0.4, -0.2) is 23.1 Å². The number of hydrogen-bond donors (Lipinski definition) is 0. The minimum Gasteiger partial charge on any atom is -0.309 e. The van der Waals surface area contributed by atoms with Gasteiger partial charge in [-0.05, 0) is 42.5 Å². The van der Waals surface area contributed by atoms with E-state index in [0.29, 0.717) is 0 Å². The summed E-state index contributed by atoms with van der Waals surface area (Å²) in [4.78, 5) is 0. The Morgan fingerprint density at radius 3 is 1.88 bits per heavy atom. The lowest BCUT2D eigenvalue weighted by atomic mass is 10.2. The SMILES string of the molecule is c1ccc(P(c2ccccc2)n2c3ccccc3c3c2cc2n(-c4cccc(-n5cccn5)c4)c4ccccc4n32)cc1. The van der Waals surface area contributed by atoms with Gasteiger partial charge in [0.15, 0.2) is 0 Å². The largest absolute Gasteiger partial charge is 0.309 e. The van der Waals surface area contributed by atoms with Gasteiger partial charge in [-0.2, -0.15) is 5.10 Å². The Morgan fingerprint density at radius 2 is 1.16 bits per heavy atom. The smallest absolute Gasteiger partial charge is 0.125 e. The van der Waals surface area contributed by atoms with Crippen LogP contribution in [0.15, 0.2) is 158 Å². The number of imidazole rings is 1. The average molecular weight is 572 g/mol. The molecule has 6 heteroatoms. The Morgan fingerprint density at radius 1 is 0.512 bits per heavy atom. The maximum absolute atomic E-state index is 4.48. The number of fused-ring (bicyclic) bond motifs is 7. The molecule has 5 aromatic carbocycles. The van der Waals surface area contributed by atoms with Gasteiger partial charge in [-0.15, -0.1) is 0 Å². The summed E-state index contributed by atoms with van der Waals surface area (Å²) < 4.78 is 9.34. The van der Waals surface area contributed by atoms with Crippen LogP contribution in [0.5, 0.6) is 0 Å².